The van der Waals surface area contributed by atoms with Gasteiger partial charge in [-0.25, -0.2) is 14.2 Å². The molecular formula is C30H31FN4O5. The number of ether oxygens (including phenoxy) is 1. The van der Waals surface area contributed by atoms with Crippen LogP contribution in [0.2, 0.25) is 0 Å². The van der Waals surface area contributed by atoms with E-state index in [1.54, 1.807) is 22.8 Å². The number of carboxylic acid groups (broad SMARTS) is 1. The SMILES string of the molecule is Cc1nc2n(c(=O)c1CCN1CCC(c3noc4cc(F)ccc34)CC1)CCCC2c1ccccc1OC(=O)O. The molecule has 0 saturated carbocycles. The van der Waals surface area contributed by atoms with E-state index in [2.05, 4.69) is 10.1 Å². The Morgan fingerprint density at radius 2 is 1.95 bits per heavy atom. The third-order valence-electron chi connectivity index (χ3n) is 8.29. The molecule has 1 N–H and O–H groups in total. The van der Waals surface area contributed by atoms with E-state index in [1.165, 1.54) is 12.1 Å². The van der Waals surface area contributed by atoms with Crippen LogP contribution in [0, 0.1) is 12.7 Å². The molecule has 1 unspecified atom stereocenters. The summed E-state index contributed by atoms with van der Waals surface area (Å²) in [6, 6.07) is 11.6. The van der Waals surface area contributed by atoms with Gasteiger partial charge in [-0.3, -0.25) is 9.36 Å². The fourth-order valence-corrected chi connectivity index (χ4v) is 6.25. The number of halogens is 1. The van der Waals surface area contributed by atoms with Gasteiger partial charge in [-0.05, 0) is 70.3 Å². The lowest BCUT2D eigenvalue weighted by Crippen LogP contribution is -2.38. The lowest BCUT2D eigenvalue weighted by atomic mass is 9.89. The van der Waals surface area contributed by atoms with Crippen LogP contribution in [0.4, 0.5) is 9.18 Å². The monoisotopic (exact) mass is 546 g/mol. The first-order chi connectivity index (χ1) is 19.4. The predicted octanol–water partition coefficient (Wildman–Crippen LogP) is 5.24. The van der Waals surface area contributed by atoms with Gasteiger partial charge in [0.15, 0.2) is 5.58 Å². The molecule has 0 radical (unpaired) electrons. The molecule has 0 amide bonds. The number of hydrogen-bond acceptors (Lipinski definition) is 7. The van der Waals surface area contributed by atoms with Gasteiger partial charge in [0.25, 0.3) is 5.56 Å². The number of likely N-dealkylation sites (tertiary alicyclic amines) is 1. The molecule has 1 saturated heterocycles. The van der Waals surface area contributed by atoms with Crippen molar-refractivity contribution in [1.29, 1.82) is 0 Å². The van der Waals surface area contributed by atoms with Crippen LogP contribution in [0.1, 0.15) is 65.9 Å². The Morgan fingerprint density at radius 3 is 2.75 bits per heavy atom. The van der Waals surface area contributed by atoms with Crippen LogP contribution < -0.4 is 10.3 Å². The maximum atomic E-state index is 13.6. The molecule has 4 aromatic rings. The van der Waals surface area contributed by atoms with Crippen LogP contribution >= 0.6 is 0 Å². The molecule has 4 heterocycles. The second kappa shape index (κ2) is 10.8. The van der Waals surface area contributed by atoms with E-state index < -0.39 is 6.16 Å². The van der Waals surface area contributed by atoms with Gasteiger partial charge < -0.3 is 19.3 Å². The van der Waals surface area contributed by atoms with Gasteiger partial charge >= 0.3 is 6.16 Å². The van der Waals surface area contributed by atoms with Crippen LogP contribution in [0.5, 0.6) is 5.75 Å². The zero-order valence-electron chi connectivity index (χ0n) is 22.3. The van der Waals surface area contributed by atoms with Gasteiger partial charge in [-0.2, -0.15) is 0 Å². The van der Waals surface area contributed by atoms with Crippen molar-refractivity contribution in [3.63, 3.8) is 0 Å². The Balaban J connectivity index is 1.15. The highest BCUT2D eigenvalue weighted by Crippen LogP contribution is 2.37. The quantitative estimate of drug-likeness (QED) is 0.258. The lowest BCUT2D eigenvalue weighted by molar-refractivity contribution is 0.144. The minimum Gasteiger partial charge on any atom is -0.449 e. The van der Waals surface area contributed by atoms with E-state index in [-0.39, 0.29) is 29.0 Å². The van der Waals surface area contributed by atoms with Gasteiger partial charge in [0.2, 0.25) is 0 Å². The standard InChI is InChI=1S/C30H31FN4O5/c1-18-21(12-16-34-14-10-19(11-15-34)27-24-9-8-20(31)17-26(24)40-33-27)29(36)35-13-4-6-23(28(35)32-18)22-5-2-3-7-25(22)39-30(37)38/h2-3,5,7-9,17,19,23H,4,6,10-16H2,1H3,(H,37,38). The molecule has 0 bridgehead atoms. The zero-order chi connectivity index (χ0) is 27.8. The van der Waals surface area contributed by atoms with Gasteiger partial charge in [0.05, 0.1) is 5.69 Å². The summed E-state index contributed by atoms with van der Waals surface area (Å²) in [5.74, 6) is 0.650. The summed E-state index contributed by atoms with van der Waals surface area (Å²) < 4.78 is 25.7. The van der Waals surface area contributed by atoms with Gasteiger partial charge in [-0.1, -0.05) is 23.4 Å². The zero-order valence-corrected chi connectivity index (χ0v) is 22.3. The molecule has 2 aromatic carbocycles. The maximum Gasteiger partial charge on any atom is 0.511 e. The highest BCUT2D eigenvalue weighted by molar-refractivity contribution is 5.79. The molecule has 2 aromatic heterocycles. The lowest BCUT2D eigenvalue weighted by Gasteiger charge is -2.31. The minimum atomic E-state index is -1.37. The summed E-state index contributed by atoms with van der Waals surface area (Å²) >= 11 is 0. The summed E-state index contributed by atoms with van der Waals surface area (Å²) in [4.78, 5) is 32.1. The molecule has 9 nitrogen and oxygen atoms in total. The van der Waals surface area contributed by atoms with E-state index in [1.807, 2.05) is 19.1 Å². The largest absolute Gasteiger partial charge is 0.511 e. The molecule has 10 heteroatoms. The van der Waals surface area contributed by atoms with E-state index in [0.29, 0.717) is 24.4 Å². The topological polar surface area (TPSA) is 111 Å². The average Bonchev–Trinajstić information content (AvgIpc) is 3.36. The number of hydrogen-bond donors (Lipinski definition) is 1. The molecule has 1 atom stereocenters. The van der Waals surface area contributed by atoms with Crippen molar-refractivity contribution in [2.75, 3.05) is 19.6 Å². The van der Waals surface area contributed by atoms with Gasteiger partial charge in [0, 0.05) is 53.2 Å². The first kappa shape index (κ1) is 26.2. The molecule has 0 spiro atoms. The number of fused-ring (bicyclic) bond motifs is 2. The van der Waals surface area contributed by atoms with Crippen molar-refractivity contribution in [2.24, 2.45) is 0 Å². The number of benzene rings is 2. The molecule has 6 rings (SSSR count). The molecule has 0 aliphatic carbocycles. The Labute approximate surface area is 230 Å². The van der Waals surface area contributed by atoms with E-state index in [9.17, 15) is 19.1 Å². The van der Waals surface area contributed by atoms with Crippen LogP contribution in [0.3, 0.4) is 0 Å². The van der Waals surface area contributed by atoms with E-state index in [4.69, 9.17) is 14.2 Å². The Hall–Kier alpha value is -4.05. The normalized spacial score (nSPS) is 18.1. The fraction of sp³-hybridized carbons (Fsp3) is 0.400. The van der Waals surface area contributed by atoms with E-state index in [0.717, 1.165) is 73.2 Å². The van der Waals surface area contributed by atoms with Crippen molar-refractivity contribution in [2.45, 2.75) is 57.4 Å². The van der Waals surface area contributed by atoms with Crippen LogP contribution in [0.25, 0.3) is 11.0 Å². The molecule has 1 fully saturated rings. The average molecular weight is 547 g/mol. The number of carbonyl (C=O) groups is 1. The third-order valence-corrected chi connectivity index (χ3v) is 8.29. The molecule has 2 aliphatic rings. The number of nitrogens with zero attached hydrogens (tertiary/aromatic N) is 4. The predicted molar refractivity (Wildman–Crippen MR) is 145 cm³/mol. The number of aryl methyl sites for hydroxylation is 1. The second-order valence-corrected chi connectivity index (χ2v) is 10.7. The number of rotatable bonds is 6. The molecule has 2 aliphatic heterocycles. The highest BCUT2D eigenvalue weighted by atomic mass is 19.1. The maximum absolute atomic E-state index is 13.6. The highest BCUT2D eigenvalue weighted by Gasteiger charge is 2.30. The van der Waals surface area contributed by atoms with Crippen molar-refractivity contribution in [3.05, 3.63) is 87.0 Å². The number of para-hydroxylation sites is 1. The Morgan fingerprint density at radius 1 is 1.15 bits per heavy atom. The minimum absolute atomic E-state index is 0.0139. The summed E-state index contributed by atoms with van der Waals surface area (Å²) in [6.45, 7) is 4.98. The summed E-state index contributed by atoms with van der Waals surface area (Å²) in [5.41, 5.74) is 3.54. The first-order valence-electron chi connectivity index (χ1n) is 13.8. The first-order valence-corrected chi connectivity index (χ1v) is 13.8. The number of aromatic nitrogens is 3. The van der Waals surface area contributed by atoms with Crippen molar-refractivity contribution >= 4 is 17.1 Å². The fourth-order valence-electron chi connectivity index (χ4n) is 6.25. The van der Waals surface area contributed by atoms with Crippen LogP contribution in [-0.2, 0) is 13.0 Å². The van der Waals surface area contributed by atoms with Crippen molar-refractivity contribution in [1.82, 2.24) is 19.6 Å². The van der Waals surface area contributed by atoms with E-state index >= 15 is 0 Å². The van der Waals surface area contributed by atoms with Crippen molar-refractivity contribution < 1.29 is 23.6 Å². The molecular weight excluding hydrogens is 515 g/mol. The van der Waals surface area contributed by atoms with Crippen molar-refractivity contribution in [3.8, 4) is 5.75 Å². The second-order valence-electron chi connectivity index (χ2n) is 10.7. The van der Waals surface area contributed by atoms with Crippen LogP contribution in [0.15, 0.2) is 51.8 Å². The summed E-state index contributed by atoms with van der Waals surface area (Å²) in [6.07, 6.45) is 2.63. The summed E-state index contributed by atoms with van der Waals surface area (Å²) in [5, 5.41) is 14.3. The van der Waals surface area contributed by atoms with Gasteiger partial charge in [-0.15, -0.1) is 0 Å². The van der Waals surface area contributed by atoms with Crippen LogP contribution in [-0.4, -0.2) is 50.5 Å². The Kier molecular flexibility index (Phi) is 7.10. The number of piperidine rings is 1. The molecule has 40 heavy (non-hydrogen) atoms. The van der Waals surface area contributed by atoms with Gasteiger partial charge in [0.1, 0.15) is 17.4 Å². The smallest absolute Gasteiger partial charge is 0.449 e. The summed E-state index contributed by atoms with van der Waals surface area (Å²) in [7, 11) is 0. The third kappa shape index (κ3) is 4.99. The molecule has 208 valence electrons. The Bertz CT molecular complexity index is 1620.